The third kappa shape index (κ3) is 2.64. The number of halogens is 1. The van der Waals surface area contributed by atoms with Crippen LogP contribution >= 0.6 is 11.6 Å². The molecule has 0 radical (unpaired) electrons. The Morgan fingerprint density at radius 2 is 2.06 bits per heavy atom. The first kappa shape index (κ1) is 11.2. The Morgan fingerprint density at radius 3 is 2.75 bits per heavy atom. The molecule has 84 valence electrons. The minimum atomic E-state index is 0.841. The minimum Gasteiger partial charge on any atom is -0.348 e. The van der Waals surface area contributed by atoms with Crippen molar-refractivity contribution in [3.05, 3.63) is 52.6 Å². The maximum Gasteiger partial charge on any atom is 0.106 e. The van der Waals surface area contributed by atoms with Crippen LogP contribution in [0.3, 0.4) is 0 Å². The summed E-state index contributed by atoms with van der Waals surface area (Å²) in [5.41, 5.74) is 2.29. The van der Waals surface area contributed by atoms with Crippen molar-refractivity contribution in [1.82, 2.24) is 9.97 Å². The third-order valence-electron chi connectivity index (χ3n) is 2.63. The molecule has 0 spiro atoms. The van der Waals surface area contributed by atoms with Crippen molar-refractivity contribution in [3.8, 4) is 0 Å². The standard InChI is InChI=1S/C13H15ClN2/c1-2-13-15-9-11(16-13)8-7-10-5-3-4-6-12(10)14/h3-6,9H,2,7-8H2,1H3,(H,15,16). The maximum atomic E-state index is 6.09. The molecule has 0 aliphatic rings. The van der Waals surface area contributed by atoms with Gasteiger partial charge in [0, 0.05) is 17.6 Å². The summed E-state index contributed by atoms with van der Waals surface area (Å²) in [6.07, 6.45) is 4.80. The largest absolute Gasteiger partial charge is 0.348 e. The van der Waals surface area contributed by atoms with Crippen LogP contribution < -0.4 is 0 Å². The number of H-pyrrole nitrogens is 1. The number of aromatic nitrogens is 2. The molecule has 0 saturated carbocycles. The van der Waals surface area contributed by atoms with E-state index in [1.165, 1.54) is 5.56 Å². The Kier molecular flexibility index (Phi) is 3.62. The van der Waals surface area contributed by atoms with Crippen LogP contribution in [0.25, 0.3) is 0 Å². The minimum absolute atomic E-state index is 0.841. The molecule has 0 saturated heterocycles. The van der Waals surface area contributed by atoms with Gasteiger partial charge in [-0.25, -0.2) is 4.98 Å². The van der Waals surface area contributed by atoms with Crippen molar-refractivity contribution in [2.75, 3.05) is 0 Å². The molecule has 2 nitrogen and oxygen atoms in total. The van der Waals surface area contributed by atoms with E-state index < -0.39 is 0 Å². The predicted molar refractivity (Wildman–Crippen MR) is 66.8 cm³/mol. The van der Waals surface area contributed by atoms with E-state index in [-0.39, 0.29) is 0 Å². The average Bonchev–Trinajstić information content (AvgIpc) is 2.76. The highest BCUT2D eigenvalue weighted by Gasteiger charge is 2.02. The Morgan fingerprint density at radius 1 is 1.25 bits per heavy atom. The number of hydrogen-bond acceptors (Lipinski definition) is 1. The van der Waals surface area contributed by atoms with Gasteiger partial charge in [-0.3, -0.25) is 0 Å². The predicted octanol–water partition coefficient (Wildman–Crippen LogP) is 3.41. The normalized spacial score (nSPS) is 10.6. The van der Waals surface area contributed by atoms with Gasteiger partial charge in [-0.2, -0.15) is 0 Å². The number of aromatic amines is 1. The van der Waals surface area contributed by atoms with Gasteiger partial charge in [0.25, 0.3) is 0 Å². The van der Waals surface area contributed by atoms with Gasteiger partial charge in [-0.15, -0.1) is 0 Å². The molecule has 1 heterocycles. The number of nitrogens with one attached hydrogen (secondary N) is 1. The van der Waals surface area contributed by atoms with E-state index in [9.17, 15) is 0 Å². The molecule has 0 amide bonds. The number of imidazole rings is 1. The summed E-state index contributed by atoms with van der Waals surface area (Å²) in [6.45, 7) is 2.09. The summed E-state index contributed by atoms with van der Waals surface area (Å²) in [5.74, 6) is 1.05. The monoisotopic (exact) mass is 234 g/mol. The second kappa shape index (κ2) is 5.17. The number of benzene rings is 1. The fourth-order valence-electron chi connectivity index (χ4n) is 1.68. The van der Waals surface area contributed by atoms with Gasteiger partial charge >= 0.3 is 0 Å². The van der Waals surface area contributed by atoms with Gasteiger partial charge in [-0.05, 0) is 24.5 Å². The van der Waals surface area contributed by atoms with Crippen molar-refractivity contribution < 1.29 is 0 Å². The van der Waals surface area contributed by atoms with Gasteiger partial charge in [0.2, 0.25) is 0 Å². The van der Waals surface area contributed by atoms with E-state index in [0.717, 1.165) is 35.8 Å². The SMILES string of the molecule is CCc1nc(CCc2ccccc2Cl)c[nH]1. The highest BCUT2D eigenvalue weighted by molar-refractivity contribution is 6.31. The van der Waals surface area contributed by atoms with E-state index in [2.05, 4.69) is 23.0 Å². The summed E-state index contributed by atoms with van der Waals surface area (Å²) in [4.78, 5) is 7.64. The van der Waals surface area contributed by atoms with Crippen molar-refractivity contribution in [2.45, 2.75) is 26.2 Å². The van der Waals surface area contributed by atoms with Gasteiger partial charge in [-0.1, -0.05) is 36.7 Å². The van der Waals surface area contributed by atoms with Gasteiger partial charge in [0.15, 0.2) is 0 Å². The Bertz CT molecular complexity index is 462. The van der Waals surface area contributed by atoms with E-state index in [1.54, 1.807) is 0 Å². The number of hydrogen-bond donors (Lipinski definition) is 1. The lowest BCUT2D eigenvalue weighted by atomic mass is 10.1. The number of rotatable bonds is 4. The first-order valence-corrected chi connectivity index (χ1v) is 5.94. The Labute approximate surface area is 101 Å². The first-order chi connectivity index (χ1) is 7.79. The topological polar surface area (TPSA) is 28.7 Å². The second-order valence-electron chi connectivity index (χ2n) is 3.78. The molecule has 1 aromatic carbocycles. The molecular weight excluding hydrogens is 220 g/mol. The molecule has 0 aliphatic heterocycles. The molecule has 0 bridgehead atoms. The van der Waals surface area contributed by atoms with Crippen LogP contribution in [0.4, 0.5) is 0 Å². The Balaban J connectivity index is 1.99. The third-order valence-corrected chi connectivity index (χ3v) is 3.00. The van der Waals surface area contributed by atoms with Crippen LogP contribution in [0.1, 0.15) is 24.0 Å². The highest BCUT2D eigenvalue weighted by Crippen LogP contribution is 2.16. The summed E-state index contributed by atoms with van der Waals surface area (Å²) >= 11 is 6.09. The lowest BCUT2D eigenvalue weighted by Gasteiger charge is -2.01. The number of aryl methyl sites for hydroxylation is 3. The lowest BCUT2D eigenvalue weighted by Crippen LogP contribution is -1.93. The zero-order valence-corrected chi connectivity index (χ0v) is 10.1. The van der Waals surface area contributed by atoms with E-state index >= 15 is 0 Å². The molecule has 3 heteroatoms. The maximum absolute atomic E-state index is 6.09. The summed E-state index contributed by atoms with van der Waals surface area (Å²) in [5, 5.41) is 0.841. The molecule has 0 aliphatic carbocycles. The van der Waals surface area contributed by atoms with Crippen molar-refractivity contribution >= 4 is 11.6 Å². The molecule has 1 N–H and O–H groups in total. The lowest BCUT2D eigenvalue weighted by molar-refractivity contribution is 0.905. The zero-order chi connectivity index (χ0) is 11.4. The summed E-state index contributed by atoms with van der Waals surface area (Å²) in [6, 6.07) is 7.97. The van der Waals surface area contributed by atoms with Crippen molar-refractivity contribution in [2.24, 2.45) is 0 Å². The molecular formula is C13H15ClN2. The summed E-state index contributed by atoms with van der Waals surface area (Å²) < 4.78 is 0. The van der Waals surface area contributed by atoms with E-state index in [1.807, 2.05) is 24.4 Å². The first-order valence-electron chi connectivity index (χ1n) is 5.56. The molecule has 0 unspecified atom stereocenters. The van der Waals surface area contributed by atoms with Crippen LogP contribution in [-0.4, -0.2) is 9.97 Å². The highest BCUT2D eigenvalue weighted by atomic mass is 35.5. The fourth-order valence-corrected chi connectivity index (χ4v) is 1.91. The quantitative estimate of drug-likeness (QED) is 0.863. The number of nitrogens with zero attached hydrogens (tertiary/aromatic N) is 1. The average molecular weight is 235 g/mol. The van der Waals surface area contributed by atoms with Crippen molar-refractivity contribution in [3.63, 3.8) is 0 Å². The van der Waals surface area contributed by atoms with Crippen molar-refractivity contribution in [1.29, 1.82) is 0 Å². The van der Waals surface area contributed by atoms with Gasteiger partial charge in [0.1, 0.15) is 5.82 Å². The van der Waals surface area contributed by atoms with Crippen LogP contribution in [-0.2, 0) is 19.3 Å². The second-order valence-corrected chi connectivity index (χ2v) is 4.19. The van der Waals surface area contributed by atoms with Crippen LogP contribution in [0.5, 0.6) is 0 Å². The van der Waals surface area contributed by atoms with E-state index in [0.29, 0.717) is 0 Å². The molecule has 2 rings (SSSR count). The molecule has 16 heavy (non-hydrogen) atoms. The molecule has 0 atom stereocenters. The van der Waals surface area contributed by atoms with Crippen LogP contribution in [0, 0.1) is 0 Å². The molecule has 2 aromatic rings. The van der Waals surface area contributed by atoms with E-state index in [4.69, 9.17) is 11.6 Å². The molecule has 0 fully saturated rings. The van der Waals surface area contributed by atoms with Gasteiger partial charge < -0.3 is 4.98 Å². The van der Waals surface area contributed by atoms with Crippen LogP contribution in [0.2, 0.25) is 5.02 Å². The zero-order valence-electron chi connectivity index (χ0n) is 9.33. The summed E-state index contributed by atoms with van der Waals surface area (Å²) in [7, 11) is 0. The smallest absolute Gasteiger partial charge is 0.106 e. The Hall–Kier alpha value is -1.28. The molecule has 1 aromatic heterocycles. The van der Waals surface area contributed by atoms with Crippen LogP contribution in [0.15, 0.2) is 30.5 Å². The fraction of sp³-hybridized carbons (Fsp3) is 0.308. The van der Waals surface area contributed by atoms with Gasteiger partial charge in [0.05, 0.1) is 5.69 Å².